The molecule has 1 saturated heterocycles. The number of aliphatic hydroxyl groups is 3. The van der Waals surface area contributed by atoms with Gasteiger partial charge in [-0.3, -0.25) is 70.8 Å². The predicted octanol–water partition coefficient (Wildman–Crippen LogP) is -3.44. The Morgan fingerprint density at radius 3 is 0.802 bits per heavy atom. The summed E-state index contributed by atoms with van der Waals surface area (Å²) in [6.07, 6.45) is 0.750. The molecule has 0 saturated carbocycles. The van der Waals surface area contributed by atoms with Gasteiger partial charge in [-0.2, -0.15) is 0 Å². The summed E-state index contributed by atoms with van der Waals surface area (Å²) in [4.78, 5) is 87.3. The van der Waals surface area contributed by atoms with E-state index in [1.807, 2.05) is 41.5 Å². The van der Waals surface area contributed by atoms with Crippen LogP contribution in [0.4, 0.5) is 0 Å². The second-order valence-corrected chi connectivity index (χ2v) is 12.6. The smallest absolute Gasteiger partial charge is 0.638 e. The minimum absolute atomic E-state index is 0. The van der Waals surface area contributed by atoms with Crippen molar-refractivity contribution in [2.75, 3.05) is 116 Å². The van der Waals surface area contributed by atoms with Crippen LogP contribution in [-0.4, -0.2) is 213 Å². The first-order chi connectivity index (χ1) is 38.4. The van der Waals surface area contributed by atoms with Crippen LogP contribution in [0.25, 0.3) is 0 Å². The molecule has 42 nitrogen and oxygen atoms in total. The van der Waals surface area contributed by atoms with Crippen molar-refractivity contribution in [3.05, 3.63) is 80.9 Å². The number of oxime groups is 2. The van der Waals surface area contributed by atoms with Gasteiger partial charge in [0.25, 0.3) is 0 Å². The summed E-state index contributed by atoms with van der Waals surface area (Å²) >= 11 is 0. The molecular weight excluding hydrogens is 1270 g/mol. The average Bonchev–Trinajstić information content (AvgIpc) is 3.45. The van der Waals surface area contributed by atoms with Gasteiger partial charge in [-0.05, 0) is 20.8 Å². The third-order valence-corrected chi connectivity index (χ3v) is 5.84. The van der Waals surface area contributed by atoms with Crippen LogP contribution in [0.15, 0.2) is 15.7 Å². The van der Waals surface area contributed by atoms with Gasteiger partial charge in [-0.25, -0.2) is 0 Å². The molecule has 4 unspecified atom stereocenters. The second kappa shape index (κ2) is 143. The number of hydrogen-bond acceptors (Lipinski definition) is 35. The molecule has 1 aliphatic heterocycles. The minimum Gasteiger partial charge on any atom is -0.638 e. The number of hydrogen-bond donors (Lipinski definition) is 3. The number of methoxy groups -OCH3 is 5. The number of carbonyl (C=O) groups is 1. The number of aldehydes is 1. The van der Waals surface area contributed by atoms with E-state index < -0.39 is 56.1 Å². The number of carbonyl (C=O) groups excluding carboxylic acids is 1. The quantitative estimate of drug-likeness (QED) is 0.0147. The molecule has 3 N–H and O–H groups in total. The summed E-state index contributed by atoms with van der Waals surface area (Å²) in [5.74, 6) is 0. The van der Waals surface area contributed by atoms with Crippen molar-refractivity contribution in [3.8, 4) is 0 Å². The molecule has 0 aromatic carbocycles. The van der Waals surface area contributed by atoms with Crippen molar-refractivity contribution in [2.45, 2.75) is 178 Å². The molecule has 1 rings (SSSR count). The van der Waals surface area contributed by atoms with E-state index in [-0.39, 0.29) is 181 Å². The van der Waals surface area contributed by atoms with Crippen molar-refractivity contribution in [3.63, 3.8) is 0 Å². The van der Waals surface area contributed by atoms with E-state index in [1.165, 1.54) is 77.1 Å². The Hall–Kier alpha value is -3.71. The topological polar surface area (TPSA) is 595 Å². The SMILES string of the molecule is C.C.C.C.C.C.C1OCOCO1.CC.CC.CC.CC(CO)[N+](=O)[O-].CC(CO)[N+](=O)[O-].CC=O.CC[N+](=O)[O-].CO.COC/C(C)=N\O[O-].COC/C(C)=N\O[O-].COCC(C)([N+](=O)[O-])[N+](=O)[O-].COCC(C)[N+](=O)[O-].COCC(C)[N+](=O)[O-].O=N[O-].[Na+].[Na+].[Na+]. The summed E-state index contributed by atoms with van der Waals surface area (Å²) in [6, 6.07) is -2.81. The molecule has 91 heavy (non-hydrogen) atoms. The largest absolute Gasteiger partial charge is 1.00 e. The number of nitro groups is 7. The van der Waals surface area contributed by atoms with Crippen LogP contribution in [0, 0.1) is 80.9 Å². The van der Waals surface area contributed by atoms with E-state index in [0.29, 0.717) is 45.0 Å². The maximum absolute atomic E-state index is 10.1. The zero-order valence-corrected chi connectivity index (χ0v) is 59.8. The number of nitrogens with zero attached hydrogens (tertiary/aromatic N) is 10. The molecule has 0 amide bonds. The van der Waals surface area contributed by atoms with Crippen LogP contribution in [0.1, 0.15) is 148 Å². The first kappa shape index (κ1) is 157. The van der Waals surface area contributed by atoms with Gasteiger partial charge in [-0.1, -0.05) is 96.4 Å². The van der Waals surface area contributed by atoms with E-state index in [1.54, 1.807) is 13.8 Å². The second-order valence-electron chi connectivity index (χ2n) is 12.6. The van der Waals surface area contributed by atoms with E-state index in [0.717, 1.165) is 25.7 Å². The molecule has 0 spiro atoms. The van der Waals surface area contributed by atoms with E-state index in [4.69, 9.17) is 30.2 Å². The summed E-state index contributed by atoms with van der Waals surface area (Å²) in [6.45, 7) is 25.7. The van der Waals surface area contributed by atoms with E-state index >= 15 is 0 Å². The van der Waals surface area contributed by atoms with Crippen LogP contribution in [0.5, 0.6) is 0 Å². The third-order valence-electron chi connectivity index (χ3n) is 5.84. The Morgan fingerprint density at radius 1 is 0.538 bits per heavy atom. The Kier molecular flexibility index (Phi) is 247. The van der Waals surface area contributed by atoms with Crippen molar-refractivity contribution in [1.82, 2.24) is 0 Å². The summed E-state index contributed by atoms with van der Waals surface area (Å²) in [5, 5.41) is 125. The zero-order valence-electron chi connectivity index (χ0n) is 53.8. The molecular formula is C46H117N10Na3O32. The van der Waals surface area contributed by atoms with Crippen molar-refractivity contribution >= 4 is 17.7 Å². The van der Waals surface area contributed by atoms with Crippen molar-refractivity contribution in [1.29, 1.82) is 0 Å². The first-order valence-corrected chi connectivity index (χ1v) is 23.2. The molecule has 45 heteroatoms. The van der Waals surface area contributed by atoms with Crippen LogP contribution in [0.3, 0.4) is 0 Å². The molecule has 1 fully saturated rings. The van der Waals surface area contributed by atoms with Crippen LogP contribution in [-0.2, 0) is 52.7 Å². The average molecular weight is 1390 g/mol. The maximum Gasteiger partial charge on any atom is 1.00 e. The Morgan fingerprint density at radius 2 is 0.736 bits per heavy atom. The van der Waals surface area contributed by atoms with Crippen LogP contribution < -0.4 is 99.2 Å². The molecule has 4 atom stereocenters. The van der Waals surface area contributed by atoms with Gasteiger partial charge in [0.2, 0.25) is 30.7 Å². The van der Waals surface area contributed by atoms with Crippen LogP contribution >= 0.6 is 0 Å². The van der Waals surface area contributed by atoms with Gasteiger partial charge >= 0.3 is 94.3 Å². The fourth-order valence-electron chi connectivity index (χ4n) is 2.06. The summed E-state index contributed by atoms with van der Waals surface area (Å²) < 4.78 is 36.5. The summed E-state index contributed by atoms with van der Waals surface area (Å²) in [7, 11) is 8.10. The van der Waals surface area contributed by atoms with E-state index in [9.17, 15) is 81.3 Å². The predicted molar refractivity (Wildman–Crippen MR) is 329 cm³/mol. The molecule has 0 bridgehead atoms. The molecule has 0 aromatic heterocycles. The minimum atomic E-state index is -2.23. The van der Waals surface area contributed by atoms with Crippen molar-refractivity contribution in [2.24, 2.45) is 15.7 Å². The van der Waals surface area contributed by atoms with Gasteiger partial charge in [0, 0.05) is 102 Å². The maximum atomic E-state index is 10.1. The fourth-order valence-corrected chi connectivity index (χ4v) is 2.06. The van der Waals surface area contributed by atoms with Gasteiger partial charge in [-0.15, -0.1) is 5.34 Å². The number of aliphatic hydroxyl groups excluding tert-OH is 3. The first-order valence-electron chi connectivity index (χ1n) is 23.2. The summed E-state index contributed by atoms with van der Waals surface area (Å²) in [5.41, 5.74) is -1.17. The van der Waals surface area contributed by atoms with Gasteiger partial charge < -0.3 is 88.6 Å². The van der Waals surface area contributed by atoms with Crippen molar-refractivity contribution < 1.29 is 202 Å². The fraction of sp³-hybridized carbons (Fsp3) is 0.935. The van der Waals surface area contributed by atoms with Gasteiger partial charge in [0.1, 0.15) is 42.6 Å². The standard InChI is InChI=1S/C4H8N2O5.4C4H9NO3.2C3H7NO3.C3H6O3.C2H5NO2.C2H4O.3C2H6.CH4O.6CH4.HNO2.3Na/c1-4(3-11-2,5(7)8)6(9)10;2*1-4(3-7-2)5-8-6;2*1-4(3-8-2)5(6)7;2*1-3(2-5)4(6)7;1-4-2-6-3-5-1;1-2-3(4)5;1-2-3;4*1-2;;;;;;;2-1-3;;;/h3H2,1-2H3;2*6H,3H2,1-2H3;2*4H,3H2,1-2H3;2*3,5H,2H2,1H3;1-3H2;2H2,1H3;2H,1H3;3*1-2H3;2H,1H3;6*1H4;(H,2,3);;;/q;;;;;;;;;;;;;;;;;;;;;3*+1/p-3/b;2*5-4-;;;;;;;;;;;;;;;;;;;;;. The van der Waals surface area contributed by atoms with Gasteiger partial charge in [0.15, 0.2) is 27.0 Å². The normalized spacial score (nSPS) is 10.3. The Bertz CT molecular complexity index is 1370. The van der Waals surface area contributed by atoms with E-state index in [2.05, 4.69) is 58.2 Å². The zero-order chi connectivity index (χ0) is 68.7. The van der Waals surface area contributed by atoms with Gasteiger partial charge in [0.05, 0.1) is 31.6 Å². The Labute approximate surface area is 605 Å². The monoisotopic (exact) mass is 1390 g/mol. The van der Waals surface area contributed by atoms with Crippen LogP contribution in [0.2, 0.25) is 0 Å². The number of ether oxygens (including phenoxy) is 8. The molecule has 0 radical (unpaired) electrons. The molecule has 0 aromatic rings. The third kappa shape index (κ3) is 180. The molecule has 546 valence electrons. The number of rotatable bonds is 21. The Balaban J connectivity index is -0.0000000263. The molecule has 1 aliphatic rings. The molecule has 1 heterocycles. The molecule has 0 aliphatic carbocycles.